The minimum atomic E-state index is -4.68. The first kappa shape index (κ1) is 37.9. The van der Waals surface area contributed by atoms with Gasteiger partial charge >= 0.3 is 6.18 Å². The number of phenols is 1. The number of nitrogens with zero attached hydrogens (tertiary/aromatic N) is 2. The second-order valence-electron chi connectivity index (χ2n) is 17.8. The molecule has 14 heteroatoms. The van der Waals surface area contributed by atoms with E-state index in [1.807, 2.05) is 12.1 Å². The van der Waals surface area contributed by atoms with Crippen molar-refractivity contribution in [2.24, 2.45) is 22.7 Å². The molecule has 7 N–H and O–H groups in total. The minimum absolute atomic E-state index is 0.0446. The van der Waals surface area contributed by atoms with Gasteiger partial charge in [-0.1, -0.05) is 13.0 Å². The van der Waals surface area contributed by atoms with Crippen LogP contribution < -0.4 is 16.0 Å². The molecule has 8 rings (SSSR count). The van der Waals surface area contributed by atoms with Crippen LogP contribution in [-0.4, -0.2) is 91.5 Å². The van der Waals surface area contributed by atoms with Gasteiger partial charge in [0, 0.05) is 12.1 Å². The van der Waals surface area contributed by atoms with Gasteiger partial charge in [-0.3, -0.25) is 9.78 Å². The molecule has 0 unspecified atom stereocenters. The molecular weight excluding hydrogens is 703 g/mol. The van der Waals surface area contributed by atoms with Gasteiger partial charge in [-0.2, -0.15) is 13.2 Å². The number of nitrogens with one attached hydrogen (secondary N) is 3. The van der Waals surface area contributed by atoms with Crippen LogP contribution in [0, 0.1) is 22.7 Å². The van der Waals surface area contributed by atoms with Crippen molar-refractivity contribution in [2.45, 2.75) is 145 Å². The molecule has 1 aromatic heterocycles. The van der Waals surface area contributed by atoms with Crippen molar-refractivity contribution in [3.8, 4) is 5.75 Å². The molecule has 1 amide bonds. The first-order valence-corrected chi connectivity index (χ1v) is 19.9. The fraction of sp³-hybridized carbons (Fsp3) is 0.725. The number of anilines is 1. The van der Waals surface area contributed by atoms with Gasteiger partial charge in [0.05, 0.1) is 43.2 Å². The quantitative estimate of drug-likeness (QED) is 0.171. The fourth-order valence-electron chi connectivity index (χ4n) is 11.7. The molecule has 11 nitrogen and oxygen atoms in total. The first-order valence-electron chi connectivity index (χ1n) is 19.9. The number of amides is 1. The zero-order chi connectivity index (χ0) is 38.0. The average molecular weight is 758 g/mol. The normalized spacial score (nSPS) is 39.8. The van der Waals surface area contributed by atoms with Gasteiger partial charge in [-0.25, -0.2) is 4.98 Å². The number of carbonyl (C=O) groups is 1. The molecule has 2 aromatic rings. The van der Waals surface area contributed by atoms with Gasteiger partial charge in [-0.15, -0.1) is 0 Å². The van der Waals surface area contributed by atoms with Gasteiger partial charge in [0.15, 0.2) is 5.69 Å². The van der Waals surface area contributed by atoms with Crippen LogP contribution in [0.2, 0.25) is 0 Å². The summed E-state index contributed by atoms with van der Waals surface area (Å²) in [5.74, 6) is 1.54. The number of aromatic nitrogens is 2. The third-order valence-electron chi connectivity index (χ3n) is 14.6. The zero-order valence-electron chi connectivity index (χ0n) is 30.8. The Morgan fingerprint density at radius 3 is 2.59 bits per heavy atom. The highest BCUT2D eigenvalue weighted by atomic mass is 19.4. The maximum Gasteiger partial charge on any atom is 0.434 e. The third-order valence-corrected chi connectivity index (χ3v) is 14.6. The largest absolute Gasteiger partial charge is 0.508 e. The molecule has 0 bridgehead atoms. The van der Waals surface area contributed by atoms with Crippen molar-refractivity contribution in [1.29, 1.82) is 0 Å². The monoisotopic (exact) mass is 757 g/mol. The van der Waals surface area contributed by atoms with Crippen molar-refractivity contribution in [3.05, 3.63) is 47.4 Å². The van der Waals surface area contributed by atoms with Crippen LogP contribution in [0.25, 0.3) is 0 Å². The van der Waals surface area contributed by atoms with Gasteiger partial charge in [0.2, 0.25) is 5.91 Å². The number of ether oxygens (including phenoxy) is 1. The van der Waals surface area contributed by atoms with Crippen molar-refractivity contribution in [1.82, 2.24) is 20.6 Å². The summed E-state index contributed by atoms with van der Waals surface area (Å²) in [5.41, 5.74) is 1.09. The number of aryl methyl sites for hydroxylation is 1. The lowest BCUT2D eigenvalue weighted by atomic mass is 9.52. The molecule has 1 saturated heterocycles. The number of benzene rings is 1. The van der Waals surface area contributed by atoms with Crippen LogP contribution >= 0.6 is 0 Å². The molecule has 5 aliphatic carbocycles. The number of rotatable bonds is 10. The number of aromatic hydroxyl groups is 1. The Kier molecular flexibility index (Phi) is 9.93. The summed E-state index contributed by atoms with van der Waals surface area (Å²) >= 11 is 0. The van der Waals surface area contributed by atoms with Crippen LogP contribution in [-0.2, 0) is 22.1 Å². The summed E-state index contributed by atoms with van der Waals surface area (Å²) < 4.78 is 44.6. The number of hydrogen-bond donors (Lipinski definition) is 7. The molecule has 54 heavy (non-hydrogen) atoms. The van der Waals surface area contributed by atoms with E-state index in [0.29, 0.717) is 35.7 Å². The second kappa shape index (κ2) is 14.2. The molecule has 5 fully saturated rings. The molecule has 1 aliphatic heterocycles. The molecule has 296 valence electrons. The van der Waals surface area contributed by atoms with Crippen LogP contribution in [0.15, 0.2) is 30.6 Å². The smallest absolute Gasteiger partial charge is 0.434 e. The Morgan fingerprint density at radius 1 is 1.04 bits per heavy atom. The van der Waals surface area contributed by atoms with Crippen LogP contribution in [0.4, 0.5) is 19.0 Å². The summed E-state index contributed by atoms with van der Waals surface area (Å²) in [6.45, 7) is 3.09. The predicted octanol–water partition coefficient (Wildman–Crippen LogP) is 4.58. The van der Waals surface area contributed by atoms with E-state index in [1.165, 1.54) is 11.1 Å². The Labute approximate surface area is 313 Å². The van der Waals surface area contributed by atoms with Gasteiger partial charge in [0.1, 0.15) is 23.8 Å². The summed E-state index contributed by atoms with van der Waals surface area (Å²) in [6.07, 6.45) is 5.03. The summed E-state index contributed by atoms with van der Waals surface area (Å²) in [5, 5.41) is 52.8. The number of carbonyl (C=O) groups excluding carboxylic acids is 1. The molecule has 1 aromatic carbocycles. The highest BCUT2D eigenvalue weighted by Crippen LogP contribution is 2.65. The summed E-state index contributed by atoms with van der Waals surface area (Å²) in [4.78, 5) is 19.9. The van der Waals surface area contributed by atoms with E-state index in [9.17, 15) is 38.4 Å². The maximum atomic E-state index is 13.0. The second-order valence-corrected chi connectivity index (χ2v) is 17.8. The number of phenolic OH excluding ortho intramolecular Hbond substituents is 1. The molecule has 6 aliphatic rings. The SMILES string of the molecule is C[C@]12CC[C@@H]3c4ccc(O)cc4CC[C@H]3[C@@H]1CC[C@@]2(O)CCCNC1CC2(C1)CC(NC(=O)C[C@H]1OC[C@H](Nc3cncc(C(F)(F)F)n3)[C@@H](O)[C@H]1O)C2. The number of hydrogen-bond acceptors (Lipinski definition) is 10. The molecule has 0 radical (unpaired) electrons. The average Bonchev–Trinajstić information content (AvgIpc) is 3.37. The fourth-order valence-corrected chi connectivity index (χ4v) is 11.7. The van der Waals surface area contributed by atoms with Crippen molar-refractivity contribution >= 4 is 11.7 Å². The van der Waals surface area contributed by atoms with Gasteiger partial charge in [-0.05, 0) is 135 Å². The summed E-state index contributed by atoms with van der Waals surface area (Å²) in [7, 11) is 0. The van der Waals surface area contributed by atoms with E-state index in [-0.39, 0.29) is 41.6 Å². The standard InChI is InChI=1S/C40H54F3N5O6/c1-37-10-7-27-26-6-4-25(49)13-22(26)3-5-28(27)29(37)8-11-39(37,53)9-2-12-45-23-15-38(16-23)17-24(18-38)46-34(50)14-31-36(52)35(51)30(21-54-31)47-33-20-44-19-32(48-33)40(41,42)43/h4,6,13,19-20,23-24,27-31,35-36,45,49,51-53H,2-3,5,7-12,14-18,21H2,1H3,(H,46,50)(H,47,48)/t23?,24?,27-,28-,29+,30+,31-,35-,36+,37+,38?,39+/m1/s1. The van der Waals surface area contributed by atoms with E-state index >= 15 is 0 Å². The first-order chi connectivity index (χ1) is 25.7. The van der Waals surface area contributed by atoms with E-state index < -0.39 is 41.8 Å². The lowest BCUT2D eigenvalue weighted by molar-refractivity contribution is -0.153. The van der Waals surface area contributed by atoms with Crippen LogP contribution in [0.5, 0.6) is 5.75 Å². The molecular formula is C40H54F3N5O6. The predicted molar refractivity (Wildman–Crippen MR) is 192 cm³/mol. The Hall–Kier alpha value is -3.04. The maximum absolute atomic E-state index is 13.0. The third kappa shape index (κ3) is 6.99. The Morgan fingerprint density at radius 2 is 1.81 bits per heavy atom. The Balaban J connectivity index is 0.726. The van der Waals surface area contributed by atoms with E-state index in [4.69, 9.17) is 4.74 Å². The van der Waals surface area contributed by atoms with Crippen molar-refractivity contribution < 1.29 is 43.1 Å². The summed E-state index contributed by atoms with van der Waals surface area (Å²) in [6, 6.07) is 5.46. The molecule has 9 atom stereocenters. The topological polar surface area (TPSA) is 169 Å². The van der Waals surface area contributed by atoms with Gasteiger partial charge < -0.3 is 41.1 Å². The van der Waals surface area contributed by atoms with Crippen LogP contribution in [0.1, 0.15) is 107 Å². The lowest BCUT2D eigenvalue weighted by Gasteiger charge is -2.58. The highest BCUT2D eigenvalue weighted by molar-refractivity contribution is 5.77. The van der Waals surface area contributed by atoms with E-state index in [2.05, 4.69) is 38.9 Å². The van der Waals surface area contributed by atoms with E-state index in [1.54, 1.807) is 0 Å². The number of alkyl halides is 3. The number of aliphatic hydroxyl groups excluding tert-OH is 2. The number of aliphatic hydroxyl groups is 3. The number of fused-ring (bicyclic) bond motifs is 5. The van der Waals surface area contributed by atoms with Crippen LogP contribution in [0.3, 0.4) is 0 Å². The molecule has 4 saturated carbocycles. The van der Waals surface area contributed by atoms with Gasteiger partial charge in [0.25, 0.3) is 0 Å². The lowest BCUT2D eigenvalue weighted by Crippen LogP contribution is -2.61. The molecule has 2 heterocycles. The molecule has 1 spiro atoms. The highest BCUT2D eigenvalue weighted by Gasteiger charge is 2.61. The number of halogens is 3. The zero-order valence-corrected chi connectivity index (χ0v) is 30.8. The van der Waals surface area contributed by atoms with Crippen molar-refractivity contribution in [3.63, 3.8) is 0 Å². The van der Waals surface area contributed by atoms with E-state index in [0.717, 1.165) is 89.8 Å². The minimum Gasteiger partial charge on any atom is -0.508 e. The van der Waals surface area contributed by atoms with Crippen molar-refractivity contribution in [2.75, 3.05) is 18.5 Å². The Bertz CT molecular complexity index is 1700.